The highest BCUT2D eigenvalue weighted by Gasteiger charge is 2.17. The van der Waals surface area contributed by atoms with Gasteiger partial charge in [-0.2, -0.15) is 10.2 Å². The van der Waals surface area contributed by atoms with Crippen molar-refractivity contribution in [1.82, 2.24) is 15.6 Å². The number of methoxy groups -OCH3 is 1. The molecular formula is C21H19BrN4O4. The number of hydrogen-bond acceptors (Lipinski definition) is 6. The van der Waals surface area contributed by atoms with Crippen LogP contribution in [0.15, 0.2) is 52.0 Å². The molecule has 0 spiro atoms. The van der Waals surface area contributed by atoms with Crippen LogP contribution in [-0.2, 0) is 0 Å². The number of hydrazone groups is 1. The normalized spacial score (nSPS) is 10.8. The van der Waals surface area contributed by atoms with E-state index in [1.165, 1.54) is 13.3 Å². The maximum absolute atomic E-state index is 12.4. The van der Waals surface area contributed by atoms with Gasteiger partial charge in [0.15, 0.2) is 17.2 Å². The summed E-state index contributed by atoms with van der Waals surface area (Å²) in [6, 6.07) is 12.0. The van der Waals surface area contributed by atoms with Gasteiger partial charge in [-0.25, -0.2) is 10.2 Å². The van der Waals surface area contributed by atoms with E-state index in [1.807, 2.05) is 19.1 Å². The Labute approximate surface area is 181 Å². The highest BCUT2D eigenvalue weighted by Crippen LogP contribution is 2.36. The van der Waals surface area contributed by atoms with Gasteiger partial charge in [0.25, 0.3) is 5.91 Å². The number of esters is 1. The van der Waals surface area contributed by atoms with Crippen molar-refractivity contribution >= 4 is 34.0 Å². The van der Waals surface area contributed by atoms with E-state index in [-0.39, 0.29) is 11.4 Å². The minimum Gasteiger partial charge on any atom is -0.493 e. The number of halogens is 1. The van der Waals surface area contributed by atoms with Crippen molar-refractivity contribution in [2.24, 2.45) is 5.10 Å². The van der Waals surface area contributed by atoms with Crippen molar-refractivity contribution in [1.29, 1.82) is 0 Å². The highest BCUT2D eigenvalue weighted by molar-refractivity contribution is 9.10. The van der Waals surface area contributed by atoms with Gasteiger partial charge in [-0.05, 0) is 65.7 Å². The summed E-state index contributed by atoms with van der Waals surface area (Å²) in [5.41, 5.74) is 5.50. The number of nitrogens with zero attached hydrogens (tertiary/aromatic N) is 2. The molecular weight excluding hydrogens is 452 g/mol. The van der Waals surface area contributed by atoms with E-state index in [9.17, 15) is 9.59 Å². The predicted octanol–water partition coefficient (Wildman–Crippen LogP) is 3.78. The summed E-state index contributed by atoms with van der Waals surface area (Å²) in [5.74, 6) is -0.362. The monoisotopic (exact) mass is 470 g/mol. The minimum absolute atomic E-state index is 0.238. The Hall–Kier alpha value is -3.46. The fraction of sp³-hybridized carbons (Fsp3) is 0.143. The van der Waals surface area contributed by atoms with Gasteiger partial charge in [0.05, 0.1) is 23.4 Å². The molecule has 0 saturated heterocycles. The molecule has 0 bridgehead atoms. The van der Waals surface area contributed by atoms with E-state index < -0.39 is 11.9 Å². The third kappa shape index (κ3) is 5.12. The first kappa shape index (κ1) is 21.3. The summed E-state index contributed by atoms with van der Waals surface area (Å²) >= 11 is 3.39. The molecule has 154 valence electrons. The van der Waals surface area contributed by atoms with Crippen molar-refractivity contribution in [2.45, 2.75) is 13.8 Å². The van der Waals surface area contributed by atoms with Crippen LogP contribution >= 0.6 is 15.9 Å². The molecule has 3 rings (SSSR count). The summed E-state index contributed by atoms with van der Waals surface area (Å²) in [4.78, 5) is 24.4. The summed E-state index contributed by atoms with van der Waals surface area (Å²) < 4.78 is 11.4. The lowest BCUT2D eigenvalue weighted by molar-refractivity contribution is 0.0728. The summed E-state index contributed by atoms with van der Waals surface area (Å²) in [5, 5.41) is 10.5. The van der Waals surface area contributed by atoms with Crippen LogP contribution < -0.4 is 14.9 Å². The topological polar surface area (TPSA) is 106 Å². The number of aryl methyl sites for hydroxylation is 2. The second kappa shape index (κ2) is 9.36. The lowest BCUT2D eigenvalue weighted by Gasteiger charge is -2.12. The third-order valence-corrected chi connectivity index (χ3v) is 4.64. The van der Waals surface area contributed by atoms with Gasteiger partial charge in [0, 0.05) is 5.69 Å². The Morgan fingerprint density at radius 1 is 1.17 bits per heavy atom. The predicted molar refractivity (Wildman–Crippen MR) is 115 cm³/mol. The number of aromatic amines is 1. The molecule has 0 aliphatic carbocycles. The zero-order valence-corrected chi connectivity index (χ0v) is 18.1. The molecule has 0 unspecified atom stereocenters. The average molecular weight is 471 g/mol. The molecule has 3 aromatic rings. The molecule has 2 aromatic carbocycles. The van der Waals surface area contributed by atoms with Gasteiger partial charge >= 0.3 is 5.97 Å². The maximum atomic E-state index is 12.4. The van der Waals surface area contributed by atoms with Crippen LogP contribution in [0.2, 0.25) is 0 Å². The van der Waals surface area contributed by atoms with Gasteiger partial charge in [-0.1, -0.05) is 17.7 Å². The number of hydrogen-bond donors (Lipinski definition) is 2. The number of carbonyl (C=O) groups is 2. The first-order valence-electron chi connectivity index (χ1n) is 8.89. The van der Waals surface area contributed by atoms with Crippen LogP contribution in [0.3, 0.4) is 0 Å². The Morgan fingerprint density at radius 3 is 2.53 bits per heavy atom. The first-order valence-corrected chi connectivity index (χ1v) is 9.68. The molecule has 1 heterocycles. The number of aromatic nitrogens is 2. The fourth-order valence-electron chi connectivity index (χ4n) is 2.51. The van der Waals surface area contributed by atoms with E-state index in [0.717, 1.165) is 11.3 Å². The van der Waals surface area contributed by atoms with Crippen molar-refractivity contribution in [3.05, 3.63) is 75.0 Å². The lowest BCUT2D eigenvalue weighted by atomic mass is 10.1. The van der Waals surface area contributed by atoms with E-state index in [0.29, 0.717) is 21.3 Å². The van der Waals surface area contributed by atoms with Gasteiger partial charge < -0.3 is 9.47 Å². The zero-order valence-electron chi connectivity index (χ0n) is 16.5. The number of amides is 1. The Kier molecular flexibility index (Phi) is 6.63. The van der Waals surface area contributed by atoms with Crippen LogP contribution in [0.5, 0.6) is 11.5 Å². The smallest absolute Gasteiger partial charge is 0.343 e. The molecule has 0 aliphatic heterocycles. The summed E-state index contributed by atoms with van der Waals surface area (Å²) in [7, 11) is 1.47. The summed E-state index contributed by atoms with van der Waals surface area (Å²) in [6.45, 7) is 3.73. The second-order valence-electron chi connectivity index (χ2n) is 6.42. The number of carbonyl (C=O) groups excluding carboxylic acids is 2. The number of ether oxygens (including phenoxy) is 2. The highest BCUT2D eigenvalue weighted by atomic mass is 79.9. The SMILES string of the molecule is COc1cc(C=NNC(=O)c2cc(C)[nH]n2)cc(Br)c1OC(=O)c1ccc(C)cc1. The van der Waals surface area contributed by atoms with Crippen LogP contribution in [0.25, 0.3) is 0 Å². The van der Waals surface area contributed by atoms with E-state index in [1.54, 1.807) is 37.3 Å². The molecule has 0 saturated carbocycles. The van der Waals surface area contributed by atoms with Gasteiger partial charge in [0.1, 0.15) is 0 Å². The Bertz CT molecular complexity index is 1110. The van der Waals surface area contributed by atoms with Crippen LogP contribution in [0.4, 0.5) is 0 Å². The largest absolute Gasteiger partial charge is 0.493 e. The molecule has 1 amide bonds. The van der Waals surface area contributed by atoms with Crippen LogP contribution in [-0.4, -0.2) is 35.4 Å². The van der Waals surface area contributed by atoms with Gasteiger partial charge in [-0.15, -0.1) is 0 Å². The number of H-pyrrole nitrogens is 1. The molecule has 2 N–H and O–H groups in total. The van der Waals surface area contributed by atoms with Crippen LogP contribution in [0.1, 0.15) is 37.7 Å². The van der Waals surface area contributed by atoms with Crippen molar-refractivity contribution < 1.29 is 19.1 Å². The van der Waals surface area contributed by atoms with Gasteiger partial charge in [-0.3, -0.25) is 9.89 Å². The Morgan fingerprint density at radius 2 is 1.90 bits per heavy atom. The van der Waals surface area contributed by atoms with Gasteiger partial charge in [0.2, 0.25) is 0 Å². The lowest BCUT2D eigenvalue weighted by Crippen LogP contribution is -2.18. The van der Waals surface area contributed by atoms with E-state index in [4.69, 9.17) is 9.47 Å². The molecule has 1 aromatic heterocycles. The van der Waals surface area contributed by atoms with E-state index in [2.05, 4.69) is 36.7 Å². The number of benzene rings is 2. The van der Waals surface area contributed by atoms with Crippen molar-refractivity contribution in [3.63, 3.8) is 0 Å². The van der Waals surface area contributed by atoms with Crippen molar-refractivity contribution in [3.8, 4) is 11.5 Å². The molecule has 30 heavy (non-hydrogen) atoms. The van der Waals surface area contributed by atoms with Crippen LogP contribution in [0, 0.1) is 13.8 Å². The number of rotatable bonds is 6. The maximum Gasteiger partial charge on any atom is 0.343 e. The molecule has 0 aliphatic rings. The zero-order chi connectivity index (χ0) is 21.7. The summed E-state index contributed by atoms with van der Waals surface area (Å²) in [6.07, 6.45) is 1.44. The standard InChI is InChI=1S/C21H19BrN4O4/c1-12-4-6-15(7-5-12)21(28)30-19-16(22)9-14(10-18(19)29-3)11-23-26-20(27)17-8-13(2)24-25-17/h4-11H,1-3H3,(H,24,25)(H,26,27). The minimum atomic E-state index is -0.503. The average Bonchev–Trinajstić information content (AvgIpc) is 3.16. The quantitative estimate of drug-likeness (QED) is 0.246. The first-order chi connectivity index (χ1) is 14.4. The van der Waals surface area contributed by atoms with E-state index >= 15 is 0 Å². The molecule has 0 fully saturated rings. The third-order valence-electron chi connectivity index (χ3n) is 4.05. The molecule has 8 nitrogen and oxygen atoms in total. The molecule has 0 atom stereocenters. The van der Waals surface area contributed by atoms with Crippen molar-refractivity contribution in [2.75, 3.05) is 7.11 Å². The molecule has 0 radical (unpaired) electrons. The second-order valence-corrected chi connectivity index (χ2v) is 7.28. The Balaban J connectivity index is 1.74. The fourth-order valence-corrected chi connectivity index (χ4v) is 3.05. The number of nitrogens with one attached hydrogen (secondary N) is 2. The molecule has 9 heteroatoms.